The van der Waals surface area contributed by atoms with Crippen molar-refractivity contribution in [2.75, 3.05) is 0 Å². The van der Waals surface area contributed by atoms with Crippen LogP contribution in [0.25, 0.3) is 0 Å². The molecule has 70 valence electrons. The van der Waals surface area contributed by atoms with E-state index in [1.807, 2.05) is 0 Å². The summed E-state index contributed by atoms with van der Waals surface area (Å²) >= 11 is 0. The molecular weight excluding hydrogens is 173 g/mol. The van der Waals surface area contributed by atoms with Crippen LogP contribution in [0.3, 0.4) is 0 Å². The van der Waals surface area contributed by atoms with Gasteiger partial charge in [0.05, 0.1) is 0 Å². The number of aliphatic hydroxyl groups is 1. The summed E-state index contributed by atoms with van der Waals surface area (Å²) in [6.45, 7) is 1.27. The van der Waals surface area contributed by atoms with E-state index in [9.17, 15) is 14.3 Å². The van der Waals surface area contributed by atoms with Gasteiger partial charge in [-0.2, -0.15) is 0 Å². The van der Waals surface area contributed by atoms with E-state index in [0.29, 0.717) is 0 Å². The first-order valence-corrected chi connectivity index (χ1v) is 3.73. The maximum Gasteiger partial charge on any atom is 0.253 e. The number of hydrogen-bond donors (Lipinski definition) is 2. The van der Waals surface area contributed by atoms with E-state index in [0.717, 1.165) is 12.1 Å². The molecule has 1 aromatic carbocycles. The summed E-state index contributed by atoms with van der Waals surface area (Å²) in [5, 5.41) is 9.56. The van der Waals surface area contributed by atoms with Crippen molar-refractivity contribution in [3.63, 3.8) is 0 Å². The second-order valence-corrected chi connectivity index (χ2v) is 2.94. The molecule has 0 bridgehead atoms. The van der Waals surface area contributed by atoms with Gasteiger partial charge in [0.2, 0.25) is 0 Å². The number of benzene rings is 1. The second kappa shape index (κ2) is 3.14. The quantitative estimate of drug-likeness (QED) is 0.702. The monoisotopic (exact) mass is 183 g/mol. The molecule has 1 atom stereocenters. The predicted molar refractivity (Wildman–Crippen MR) is 45.2 cm³/mol. The number of hydrogen-bond acceptors (Lipinski definition) is 2. The molecule has 1 rings (SSSR count). The lowest BCUT2D eigenvalue weighted by molar-refractivity contribution is -0.135. The molecule has 0 saturated heterocycles. The summed E-state index contributed by atoms with van der Waals surface area (Å²) in [7, 11) is 0. The maximum atomic E-state index is 12.5. The van der Waals surface area contributed by atoms with Crippen molar-refractivity contribution in [2.45, 2.75) is 12.5 Å². The number of rotatable bonds is 2. The summed E-state index contributed by atoms with van der Waals surface area (Å²) in [6, 6.07) is 4.96. The van der Waals surface area contributed by atoms with Gasteiger partial charge in [-0.15, -0.1) is 0 Å². The molecule has 1 amide bonds. The highest BCUT2D eigenvalue weighted by atomic mass is 19.1. The second-order valence-electron chi connectivity index (χ2n) is 2.94. The van der Waals surface area contributed by atoms with Crippen LogP contribution in [0, 0.1) is 5.82 Å². The molecule has 3 N–H and O–H groups in total. The van der Waals surface area contributed by atoms with Crippen LogP contribution >= 0.6 is 0 Å². The highest BCUT2D eigenvalue weighted by Gasteiger charge is 2.29. The standard InChI is InChI=1S/C9H10FNO2/c1-9(13,8(11)12)6-2-4-7(10)5-3-6/h2-5,13H,1H3,(H2,11,12). The fourth-order valence-electron chi connectivity index (χ4n) is 0.917. The predicted octanol–water partition coefficient (Wildman–Crippen LogP) is 0.518. The molecule has 0 aliphatic carbocycles. The Hall–Kier alpha value is -1.42. The molecule has 0 aliphatic heterocycles. The van der Waals surface area contributed by atoms with Crippen LogP contribution in [0.4, 0.5) is 4.39 Å². The van der Waals surface area contributed by atoms with Crippen LogP contribution in [-0.2, 0) is 10.4 Å². The highest BCUT2D eigenvalue weighted by molar-refractivity contribution is 5.84. The van der Waals surface area contributed by atoms with Gasteiger partial charge < -0.3 is 10.8 Å². The zero-order valence-corrected chi connectivity index (χ0v) is 7.12. The van der Waals surface area contributed by atoms with Gasteiger partial charge in [-0.05, 0) is 24.6 Å². The lowest BCUT2D eigenvalue weighted by Gasteiger charge is -2.19. The molecule has 0 saturated carbocycles. The third-order valence-corrected chi connectivity index (χ3v) is 1.89. The lowest BCUT2D eigenvalue weighted by Crippen LogP contribution is -2.38. The average molecular weight is 183 g/mol. The zero-order chi connectivity index (χ0) is 10.1. The first-order valence-electron chi connectivity index (χ1n) is 3.73. The molecule has 0 aromatic heterocycles. The molecule has 3 nitrogen and oxygen atoms in total. The Balaban J connectivity index is 3.08. The fraction of sp³-hybridized carbons (Fsp3) is 0.222. The van der Waals surface area contributed by atoms with Crippen molar-refractivity contribution in [3.05, 3.63) is 35.6 Å². The van der Waals surface area contributed by atoms with E-state index >= 15 is 0 Å². The number of nitrogens with two attached hydrogens (primary N) is 1. The Bertz CT molecular complexity index is 319. The minimum Gasteiger partial charge on any atom is -0.376 e. The molecular formula is C9H10FNO2. The Labute approximate surface area is 75.0 Å². The molecule has 0 aliphatic rings. The van der Waals surface area contributed by atoms with Crippen molar-refractivity contribution in [3.8, 4) is 0 Å². The summed E-state index contributed by atoms with van der Waals surface area (Å²) in [5.41, 5.74) is 3.49. The smallest absolute Gasteiger partial charge is 0.253 e. The Kier molecular flexibility index (Phi) is 2.34. The number of amides is 1. The van der Waals surface area contributed by atoms with Crippen molar-refractivity contribution in [1.29, 1.82) is 0 Å². The van der Waals surface area contributed by atoms with Crippen LogP contribution < -0.4 is 5.73 Å². The van der Waals surface area contributed by atoms with Crippen LogP contribution in [0.1, 0.15) is 12.5 Å². The molecule has 1 unspecified atom stereocenters. The molecule has 13 heavy (non-hydrogen) atoms. The maximum absolute atomic E-state index is 12.5. The van der Waals surface area contributed by atoms with Crippen molar-refractivity contribution < 1.29 is 14.3 Å². The number of primary amides is 1. The Morgan fingerprint density at radius 2 is 1.92 bits per heavy atom. The summed E-state index contributed by atoms with van der Waals surface area (Å²) < 4.78 is 12.5. The summed E-state index contributed by atoms with van der Waals surface area (Å²) in [5.74, 6) is -1.29. The van der Waals surface area contributed by atoms with Crippen LogP contribution in [0.2, 0.25) is 0 Å². The molecule has 0 fully saturated rings. The van der Waals surface area contributed by atoms with Crippen molar-refractivity contribution in [2.24, 2.45) is 5.73 Å². The van der Waals surface area contributed by atoms with Gasteiger partial charge >= 0.3 is 0 Å². The third-order valence-electron chi connectivity index (χ3n) is 1.89. The van der Waals surface area contributed by atoms with Crippen LogP contribution in [-0.4, -0.2) is 11.0 Å². The van der Waals surface area contributed by atoms with E-state index in [4.69, 9.17) is 5.73 Å². The van der Waals surface area contributed by atoms with E-state index in [2.05, 4.69) is 0 Å². The Morgan fingerprint density at radius 3 is 2.31 bits per heavy atom. The third kappa shape index (κ3) is 1.84. The van der Waals surface area contributed by atoms with Gasteiger partial charge in [-0.25, -0.2) is 4.39 Å². The number of halogens is 1. The summed E-state index contributed by atoms with van der Waals surface area (Å²) in [4.78, 5) is 10.8. The summed E-state index contributed by atoms with van der Waals surface area (Å²) in [6.07, 6.45) is 0. The van der Waals surface area contributed by atoms with Crippen molar-refractivity contribution >= 4 is 5.91 Å². The van der Waals surface area contributed by atoms with E-state index in [1.165, 1.54) is 19.1 Å². The number of carbonyl (C=O) groups excluding carboxylic acids is 1. The van der Waals surface area contributed by atoms with Crippen LogP contribution in [0.5, 0.6) is 0 Å². The van der Waals surface area contributed by atoms with Gasteiger partial charge in [0.1, 0.15) is 5.82 Å². The SMILES string of the molecule is CC(O)(C(N)=O)c1ccc(F)cc1. The van der Waals surface area contributed by atoms with E-state index < -0.39 is 17.3 Å². The highest BCUT2D eigenvalue weighted by Crippen LogP contribution is 2.19. The fourth-order valence-corrected chi connectivity index (χ4v) is 0.917. The van der Waals surface area contributed by atoms with Crippen molar-refractivity contribution in [1.82, 2.24) is 0 Å². The lowest BCUT2D eigenvalue weighted by atomic mass is 9.95. The normalized spacial score (nSPS) is 15.0. The van der Waals surface area contributed by atoms with Gasteiger partial charge in [0.15, 0.2) is 5.60 Å². The Morgan fingerprint density at radius 1 is 1.46 bits per heavy atom. The van der Waals surface area contributed by atoms with Crippen LogP contribution in [0.15, 0.2) is 24.3 Å². The number of carbonyl (C=O) groups is 1. The largest absolute Gasteiger partial charge is 0.376 e. The molecule has 0 heterocycles. The topological polar surface area (TPSA) is 63.3 Å². The van der Waals surface area contributed by atoms with E-state index in [-0.39, 0.29) is 5.56 Å². The van der Waals surface area contributed by atoms with Gasteiger partial charge in [0.25, 0.3) is 5.91 Å². The first-order chi connectivity index (χ1) is 5.94. The molecule has 0 spiro atoms. The molecule has 0 radical (unpaired) electrons. The van der Waals surface area contributed by atoms with Gasteiger partial charge in [-0.3, -0.25) is 4.79 Å². The molecule has 1 aromatic rings. The minimum absolute atomic E-state index is 0.279. The minimum atomic E-state index is -1.74. The van der Waals surface area contributed by atoms with Gasteiger partial charge in [0, 0.05) is 0 Å². The first kappa shape index (κ1) is 9.67. The van der Waals surface area contributed by atoms with E-state index in [1.54, 1.807) is 0 Å². The zero-order valence-electron chi connectivity index (χ0n) is 7.12. The average Bonchev–Trinajstić information content (AvgIpc) is 2.04. The molecule has 4 heteroatoms. The van der Waals surface area contributed by atoms with Gasteiger partial charge in [-0.1, -0.05) is 12.1 Å².